The quantitative estimate of drug-likeness (QED) is 0.472. The summed E-state index contributed by atoms with van der Waals surface area (Å²) in [6.45, 7) is 4.44. The molecule has 0 saturated heterocycles. The van der Waals surface area contributed by atoms with Crippen molar-refractivity contribution in [3.63, 3.8) is 0 Å². The second kappa shape index (κ2) is 7.94. The molecule has 3 rings (SSSR count). The van der Waals surface area contributed by atoms with E-state index in [1.165, 1.54) is 6.08 Å². The molecule has 0 radical (unpaired) electrons. The highest BCUT2D eigenvalue weighted by molar-refractivity contribution is 7.13. The van der Waals surface area contributed by atoms with Crippen molar-refractivity contribution in [2.45, 2.75) is 13.8 Å². The number of hydrogen-bond donors (Lipinski definition) is 0. The third-order valence-corrected chi connectivity index (χ3v) is 4.35. The van der Waals surface area contributed by atoms with Crippen molar-refractivity contribution in [3.05, 3.63) is 65.7 Å². The van der Waals surface area contributed by atoms with Crippen molar-refractivity contribution < 1.29 is 9.53 Å². The van der Waals surface area contributed by atoms with Gasteiger partial charge in [0.25, 0.3) is 0 Å². The average Bonchev–Trinajstić information content (AvgIpc) is 3.28. The molecule has 0 atom stereocenters. The highest BCUT2D eigenvalue weighted by atomic mass is 32.1. The Balaban J connectivity index is 1.89. The van der Waals surface area contributed by atoms with Crippen LogP contribution in [0.25, 0.3) is 22.3 Å². The summed E-state index contributed by atoms with van der Waals surface area (Å²) >= 11 is 1.62. The summed E-state index contributed by atoms with van der Waals surface area (Å²) in [6, 6.07) is 13.9. The first-order valence-corrected chi connectivity index (χ1v) is 9.05. The molecule has 1 aromatic carbocycles. The van der Waals surface area contributed by atoms with Crippen LogP contribution < -0.4 is 0 Å². The number of carbonyl (C=O) groups excluding carboxylic acids is 1. The molecule has 0 bridgehead atoms. The lowest BCUT2D eigenvalue weighted by Crippen LogP contribution is -2.06. The molecule has 3 aromatic rings. The number of para-hydroxylation sites is 1. The Kier molecular flexibility index (Phi) is 5.46. The summed E-state index contributed by atoms with van der Waals surface area (Å²) in [6.07, 6.45) is 5.16. The van der Waals surface area contributed by atoms with E-state index in [4.69, 9.17) is 9.84 Å². The van der Waals surface area contributed by atoms with Crippen molar-refractivity contribution in [1.82, 2.24) is 9.78 Å². The first kappa shape index (κ1) is 17.2. The summed E-state index contributed by atoms with van der Waals surface area (Å²) in [5, 5.41) is 6.71. The van der Waals surface area contributed by atoms with Gasteiger partial charge in [-0.2, -0.15) is 5.10 Å². The van der Waals surface area contributed by atoms with E-state index in [-0.39, 0.29) is 5.97 Å². The predicted molar refractivity (Wildman–Crippen MR) is 102 cm³/mol. The largest absolute Gasteiger partial charge is 0.462 e. The molecule has 0 N–H and O–H groups in total. The van der Waals surface area contributed by atoms with Gasteiger partial charge >= 0.3 is 5.97 Å². The van der Waals surface area contributed by atoms with Crippen molar-refractivity contribution in [3.8, 4) is 16.3 Å². The van der Waals surface area contributed by atoms with E-state index in [1.807, 2.05) is 72.6 Å². The first-order chi connectivity index (χ1) is 12.1. The highest BCUT2D eigenvalue weighted by Gasteiger charge is 2.12. The fourth-order valence-corrected chi connectivity index (χ4v) is 3.01. The summed E-state index contributed by atoms with van der Waals surface area (Å²) in [4.78, 5) is 12.9. The Bertz CT molecular complexity index is 849. The lowest BCUT2D eigenvalue weighted by Gasteiger charge is -2.03. The van der Waals surface area contributed by atoms with Gasteiger partial charge in [-0.25, -0.2) is 9.48 Å². The first-order valence-electron chi connectivity index (χ1n) is 8.17. The van der Waals surface area contributed by atoms with Crippen LogP contribution in [0.4, 0.5) is 0 Å². The summed E-state index contributed by atoms with van der Waals surface area (Å²) < 4.78 is 7.02. The lowest BCUT2D eigenvalue weighted by atomic mass is 10.2. The molecule has 2 heterocycles. The number of carbonyl (C=O) groups is 1. The number of ether oxygens (including phenoxy) is 1. The van der Waals surface area contributed by atoms with E-state index in [9.17, 15) is 4.79 Å². The molecule has 4 nitrogen and oxygen atoms in total. The Labute approximate surface area is 151 Å². The molecule has 0 unspecified atom stereocenters. The third kappa shape index (κ3) is 4.45. The molecular formula is C20H20N2O2S. The van der Waals surface area contributed by atoms with Gasteiger partial charge in [-0.1, -0.05) is 38.1 Å². The molecule has 0 aliphatic carbocycles. The Morgan fingerprint density at radius 3 is 2.72 bits per heavy atom. The van der Waals surface area contributed by atoms with Crippen molar-refractivity contribution in [2.75, 3.05) is 6.61 Å². The monoisotopic (exact) mass is 352 g/mol. The minimum Gasteiger partial charge on any atom is -0.462 e. The summed E-state index contributed by atoms with van der Waals surface area (Å²) in [5.41, 5.74) is 2.71. The van der Waals surface area contributed by atoms with Gasteiger partial charge in [0.1, 0.15) is 5.69 Å². The van der Waals surface area contributed by atoms with E-state index in [2.05, 4.69) is 0 Å². The van der Waals surface area contributed by atoms with E-state index in [0.717, 1.165) is 21.8 Å². The minimum atomic E-state index is -0.335. The summed E-state index contributed by atoms with van der Waals surface area (Å²) in [5.74, 6) is -0.0156. The van der Waals surface area contributed by atoms with Gasteiger partial charge in [0, 0.05) is 17.8 Å². The number of nitrogens with zero attached hydrogens (tertiary/aromatic N) is 2. The maximum Gasteiger partial charge on any atom is 0.330 e. The molecule has 0 aliphatic rings. The van der Waals surface area contributed by atoms with Gasteiger partial charge < -0.3 is 4.74 Å². The van der Waals surface area contributed by atoms with Gasteiger partial charge in [0.15, 0.2) is 0 Å². The van der Waals surface area contributed by atoms with Gasteiger partial charge in [-0.15, -0.1) is 11.3 Å². The van der Waals surface area contributed by atoms with E-state index < -0.39 is 0 Å². The molecule has 5 heteroatoms. The van der Waals surface area contributed by atoms with Crippen LogP contribution in [0.2, 0.25) is 0 Å². The van der Waals surface area contributed by atoms with Crippen LogP contribution >= 0.6 is 11.3 Å². The second-order valence-corrected chi connectivity index (χ2v) is 7.00. The number of esters is 1. The Hall–Kier alpha value is -2.66. The second-order valence-electron chi connectivity index (χ2n) is 6.05. The van der Waals surface area contributed by atoms with Gasteiger partial charge in [0.05, 0.1) is 17.2 Å². The maximum atomic E-state index is 11.9. The Morgan fingerprint density at radius 1 is 1.24 bits per heavy atom. The van der Waals surface area contributed by atoms with Crippen LogP contribution in [0.1, 0.15) is 19.4 Å². The molecule has 0 fully saturated rings. The molecule has 0 spiro atoms. The number of thiophene rings is 1. The number of aromatic nitrogens is 2. The van der Waals surface area contributed by atoms with Crippen molar-refractivity contribution >= 4 is 23.4 Å². The predicted octanol–water partition coefficient (Wildman–Crippen LogP) is 4.81. The molecule has 0 saturated carbocycles. The molecule has 2 aromatic heterocycles. The molecule has 0 aliphatic heterocycles. The minimum absolute atomic E-state index is 0.319. The molecule has 0 amide bonds. The van der Waals surface area contributed by atoms with Crippen LogP contribution in [0.3, 0.4) is 0 Å². The van der Waals surface area contributed by atoms with Gasteiger partial charge in [-0.05, 0) is 35.6 Å². The zero-order chi connectivity index (χ0) is 17.6. The number of benzene rings is 1. The van der Waals surface area contributed by atoms with Crippen molar-refractivity contribution in [1.29, 1.82) is 0 Å². The van der Waals surface area contributed by atoms with Crippen LogP contribution in [0, 0.1) is 5.92 Å². The fraction of sp³-hybridized carbons (Fsp3) is 0.200. The zero-order valence-electron chi connectivity index (χ0n) is 14.3. The van der Waals surface area contributed by atoms with Crippen LogP contribution in [-0.4, -0.2) is 22.4 Å². The maximum absolute atomic E-state index is 11.9. The number of hydrogen-bond acceptors (Lipinski definition) is 4. The van der Waals surface area contributed by atoms with Crippen LogP contribution in [-0.2, 0) is 9.53 Å². The van der Waals surface area contributed by atoms with Crippen molar-refractivity contribution in [2.24, 2.45) is 5.92 Å². The van der Waals surface area contributed by atoms with E-state index in [0.29, 0.717) is 12.5 Å². The fourth-order valence-electron chi connectivity index (χ4n) is 2.28. The smallest absolute Gasteiger partial charge is 0.330 e. The Morgan fingerprint density at radius 2 is 2.04 bits per heavy atom. The molecule has 25 heavy (non-hydrogen) atoms. The van der Waals surface area contributed by atoms with E-state index in [1.54, 1.807) is 17.4 Å². The number of rotatable bonds is 6. The third-order valence-electron chi connectivity index (χ3n) is 3.48. The van der Waals surface area contributed by atoms with E-state index >= 15 is 0 Å². The van der Waals surface area contributed by atoms with Crippen LogP contribution in [0.15, 0.2) is 60.1 Å². The molecule has 128 valence electrons. The van der Waals surface area contributed by atoms with Gasteiger partial charge in [-0.3, -0.25) is 0 Å². The summed E-state index contributed by atoms with van der Waals surface area (Å²) in [7, 11) is 0. The topological polar surface area (TPSA) is 44.1 Å². The van der Waals surface area contributed by atoms with Crippen LogP contribution in [0.5, 0.6) is 0 Å². The average molecular weight is 352 g/mol. The normalized spacial score (nSPS) is 11.3. The highest BCUT2D eigenvalue weighted by Crippen LogP contribution is 2.28. The van der Waals surface area contributed by atoms with Gasteiger partial charge in [0.2, 0.25) is 0 Å². The molecular weight excluding hydrogens is 332 g/mol. The zero-order valence-corrected chi connectivity index (χ0v) is 15.1. The lowest BCUT2D eigenvalue weighted by molar-refractivity contribution is -0.138. The standard InChI is InChI=1S/C20H20N2O2S/c1-15(2)14-24-19(23)11-10-16-13-22(17-7-4-3-5-8-17)21-20(16)18-9-6-12-25-18/h3-13,15H,14H2,1-2H3. The SMILES string of the molecule is CC(C)COC(=O)C=Cc1cn(-c2ccccc2)nc1-c1cccs1.